The predicted molar refractivity (Wildman–Crippen MR) is 66.0 cm³/mol. The average Bonchev–Trinajstić information content (AvgIpc) is 2.76. The van der Waals surface area contributed by atoms with E-state index in [1.165, 1.54) is 0 Å². The molecule has 88 valence electrons. The average molecular weight is 249 g/mol. The highest BCUT2D eigenvalue weighted by molar-refractivity contribution is 6.31. The van der Waals surface area contributed by atoms with E-state index in [1.807, 2.05) is 24.3 Å². The lowest BCUT2D eigenvalue weighted by Gasteiger charge is -2.16. The van der Waals surface area contributed by atoms with E-state index >= 15 is 0 Å². The molecular formula is C12H13ClN4. The van der Waals surface area contributed by atoms with Gasteiger partial charge in [-0.2, -0.15) is 0 Å². The molecule has 1 N–H and O–H groups in total. The molecule has 4 nitrogen and oxygen atoms in total. The van der Waals surface area contributed by atoms with Crippen LogP contribution in [0.15, 0.2) is 24.3 Å². The van der Waals surface area contributed by atoms with E-state index in [2.05, 4.69) is 20.1 Å². The van der Waals surface area contributed by atoms with Gasteiger partial charge in [0.15, 0.2) is 0 Å². The van der Waals surface area contributed by atoms with Crippen LogP contribution < -0.4 is 5.32 Å². The molecule has 5 heteroatoms. The third kappa shape index (κ3) is 2.06. The first kappa shape index (κ1) is 10.7. The molecule has 1 aromatic heterocycles. The van der Waals surface area contributed by atoms with Crippen LogP contribution in [-0.4, -0.2) is 21.3 Å². The molecule has 0 atom stereocenters. The van der Waals surface area contributed by atoms with Crippen molar-refractivity contribution < 1.29 is 0 Å². The summed E-state index contributed by atoms with van der Waals surface area (Å²) >= 11 is 6.15. The van der Waals surface area contributed by atoms with Crippen molar-refractivity contribution in [2.45, 2.75) is 19.5 Å². The van der Waals surface area contributed by atoms with Crippen molar-refractivity contribution >= 4 is 11.6 Å². The number of nitrogens with one attached hydrogen (secondary N) is 1. The number of hydrogen-bond acceptors (Lipinski definition) is 3. The molecule has 0 saturated carbocycles. The first-order valence-electron chi connectivity index (χ1n) is 5.69. The van der Waals surface area contributed by atoms with Gasteiger partial charge in [-0.3, -0.25) is 0 Å². The van der Waals surface area contributed by atoms with Crippen molar-refractivity contribution in [3.63, 3.8) is 0 Å². The Morgan fingerprint density at radius 3 is 3.06 bits per heavy atom. The molecule has 0 radical (unpaired) electrons. The van der Waals surface area contributed by atoms with Crippen LogP contribution in [0.5, 0.6) is 0 Å². The van der Waals surface area contributed by atoms with Gasteiger partial charge in [-0.15, -0.1) is 10.2 Å². The Kier molecular flexibility index (Phi) is 2.82. The Morgan fingerprint density at radius 1 is 1.29 bits per heavy atom. The molecular weight excluding hydrogens is 236 g/mol. The van der Waals surface area contributed by atoms with Crippen LogP contribution in [0.25, 0.3) is 0 Å². The van der Waals surface area contributed by atoms with E-state index in [1.54, 1.807) is 0 Å². The maximum atomic E-state index is 6.15. The second kappa shape index (κ2) is 4.47. The molecule has 1 aliphatic heterocycles. The summed E-state index contributed by atoms with van der Waals surface area (Å²) in [6, 6.07) is 7.88. The summed E-state index contributed by atoms with van der Waals surface area (Å²) < 4.78 is 2.18. The lowest BCUT2D eigenvalue weighted by atomic mass is 10.1. The van der Waals surface area contributed by atoms with Crippen LogP contribution in [0.1, 0.15) is 17.2 Å². The highest BCUT2D eigenvalue weighted by Crippen LogP contribution is 2.19. The standard InChI is InChI=1S/C12H13ClN4/c13-10-4-2-1-3-9(10)7-11-15-16-12-8-14-5-6-17(11)12/h1-4,14H,5-8H2. The van der Waals surface area contributed by atoms with Crippen LogP contribution >= 0.6 is 11.6 Å². The first-order valence-corrected chi connectivity index (χ1v) is 6.07. The fourth-order valence-electron chi connectivity index (χ4n) is 2.10. The molecule has 0 bridgehead atoms. The van der Waals surface area contributed by atoms with Crippen LogP contribution in [0.4, 0.5) is 0 Å². The molecule has 0 spiro atoms. The van der Waals surface area contributed by atoms with E-state index in [4.69, 9.17) is 11.6 Å². The normalized spacial score (nSPS) is 14.6. The maximum absolute atomic E-state index is 6.15. The fraction of sp³-hybridized carbons (Fsp3) is 0.333. The summed E-state index contributed by atoms with van der Waals surface area (Å²) in [4.78, 5) is 0. The number of aromatic nitrogens is 3. The third-order valence-electron chi connectivity index (χ3n) is 3.01. The molecule has 1 aliphatic rings. The smallest absolute Gasteiger partial charge is 0.147 e. The molecule has 2 heterocycles. The Morgan fingerprint density at radius 2 is 2.18 bits per heavy atom. The van der Waals surface area contributed by atoms with Gasteiger partial charge in [-0.05, 0) is 11.6 Å². The van der Waals surface area contributed by atoms with Crippen LogP contribution in [0.3, 0.4) is 0 Å². The Hall–Kier alpha value is -1.39. The summed E-state index contributed by atoms with van der Waals surface area (Å²) in [5.74, 6) is 2.01. The minimum Gasteiger partial charge on any atom is -0.312 e. The highest BCUT2D eigenvalue weighted by Gasteiger charge is 2.15. The van der Waals surface area contributed by atoms with Gasteiger partial charge in [0.05, 0.1) is 6.54 Å². The quantitative estimate of drug-likeness (QED) is 0.879. The zero-order valence-electron chi connectivity index (χ0n) is 9.36. The van der Waals surface area contributed by atoms with Crippen LogP contribution in [-0.2, 0) is 19.5 Å². The fourth-order valence-corrected chi connectivity index (χ4v) is 2.30. The summed E-state index contributed by atoms with van der Waals surface area (Å²) in [6.07, 6.45) is 0.743. The van der Waals surface area contributed by atoms with Crippen molar-refractivity contribution in [3.8, 4) is 0 Å². The maximum Gasteiger partial charge on any atom is 0.147 e. The van der Waals surface area contributed by atoms with Crippen molar-refractivity contribution in [3.05, 3.63) is 46.5 Å². The lowest BCUT2D eigenvalue weighted by molar-refractivity contribution is 0.496. The van der Waals surface area contributed by atoms with Crippen molar-refractivity contribution in [2.24, 2.45) is 0 Å². The summed E-state index contributed by atoms with van der Waals surface area (Å²) in [6.45, 7) is 2.71. The Balaban J connectivity index is 1.91. The van der Waals surface area contributed by atoms with Gasteiger partial charge in [-0.25, -0.2) is 0 Å². The largest absolute Gasteiger partial charge is 0.312 e. The monoisotopic (exact) mass is 248 g/mol. The zero-order valence-corrected chi connectivity index (χ0v) is 10.1. The number of nitrogens with zero attached hydrogens (tertiary/aromatic N) is 3. The van der Waals surface area contributed by atoms with Gasteiger partial charge in [-0.1, -0.05) is 29.8 Å². The number of halogens is 1. The van der Waals surface area contributed by atoms with Gasteiger partial charge in [0.2, 0.25) is 0 Å². The molecule has 17 heavy (non-hydrogen) atoms. The number of hydrogen-bond donors (Lipinski definition) is 1. The van der Waals surface area contributed by atoms with Gasteiger partial charge in [0.1, 0.15) is 11.6 Å². The first-order chi connectivity index (χ1) is 8.34. The van der Waals surface area contributed by atoms with E-state index < -0.39 is 0 Å². The number of fused-ring (bicyclic) bond motifs is 1. The molecule has 2 aromatic rings. The topological polar surface area (TPSA) is 42.7 Å². The predicted octanol–water partition coefficient (Wildman–Crippen LogP) is 1.63. The zero-order chi connectivity index (χ0) is 11.7. The van der Waals surface area contributed by atoms with Gasteiger partial charge >= 0.3 is 0 Å². The van der Waals surface area contributed by atoms with Crippen LogP contribution in [0, 0.1) is 0 Å². The summed E-state index contributed by atoms with van der Waals surface area (Å²) in [5.41, 5.74) is 1.10. The van der Waals surface area contributed by atoms with Crippen molar-refractivity contribution in [1.82, 2.24) is 20.1 Å². The molecule has 0 fully saturated rings. The van der Waals surface area contributed by atoms with Gasteiger partial charge < -0.3 is 9.88 Å². The Labute approximate surface area is 105 Å². The minimum atomic E-state index is 0.743. The lowest BCUT2D eigenvalue weighted by Crippen LogP contribution is -2.29. The Bertz CT molecular complexity index is 535. The molecule has 0 amide bonds. The molecule has 0 unspecified atom stereocenters. The van der Waals surface area contributed by atoms with Gasteiger partial charge in [0, 0.05) is 24.5 Å². The highest BCUT2D eigenvalue weighted by atomic mass is 35.5. The summed E-state index contributed by atoms with van der Waals surface area (Å²) in [7, 11) is 0. The minimum absolute atomic E-state index is 0.743. The summed E-state index contributed by atoms with van der Waals surface area (Å²) in [5, 5.41) is 12.5. The van der Waals surface area contributed by atoms with Gasteiger partial charge in [0.25, 0.3) is 0 Å². The SMILES string of the molecule is Clc1ccccc1Cc1nnc2n1CCNC2. The van der Waals surface area contributed by atoms with Crippen LogP contribution in [0.2, 0.25) is 5.02 Å². The van der Waals surface area contributed by atoms with Crippen molar-refractivity contribution in [2.75, 3.05) is 6.54 Å². The molecule has 1 aromatic carbocycles. The van der Waals surface area contributed by atoms with E-state index in [0.717, 1.165) is 48.3 Å². The second-order valence-corrected chi connectivity index (χ2v) is 4.54. The van der Waals surface area contributed by atoms with E-state index in [0.29, 0.717) is 0 Å². The number of rotatable bonds is 2. The van der Waals surface area contributed by atoms with E-state index in [-0.39, 0.29) is 0 Å². The molecule has 0 aliphatic carbocycles. The van der Waals surface area contributed by atoms with E-state index in [9.17, 15) is 0 Å². The molecule has 3 rings (SSSR count). The second-order valence-electron chi connectivity index (χ2n) is 4.13. The van der Waals surface area contributed by atoms with Crippen molar-refractivity contribution in [1.29, 1.82) is 0 Å². The number of benzene rings is 1. The molecule has 0 saturated heterocycles. The third-order valence-corrected chi connectivity index (χ3v) is 3.37.